The minimum atomic E-state index is 0.151. The lowest BCUT2D eigenvalue weighted by molar-refractivity contribution is -0.121. The second kappa shape index (κ2) is 7.28. The summed E-state index contributed by atoms with van der Waals surface area (Å²) in [6.07, 6.45) is 7.84. The maximum Gasteiger partial charge on any atom is 0.220 e. The van der Waals surface area contributed by atoms with Crippen LogP contribution in [0.5, 0.6) is 0 Å². The summed E-state index contributed by atoms with van der Waals surface area (Å²) in [7, 11) is 0. The van der Waals surface area contributed by atoms with Gasteiger partial charge >= 0.3 is 0 Å². The first-order valence-corrected chi connectivity index (χ1v) is 7.24. The summed E-state index contributed by atoms with van der Waals surface area (Å²) in [5.41, 5.74) is 0. The molecule has 1 aromatic rings. The van der Waals surface area contributed by atoms with E-state index in [0.717, 1.165) is 13.0 Å². The molecule has 0 aromatic carbocycles. The van der Waals surface area contributed by atoms with Crippen LogP contribution >= 0.6 is 0 Å². The third-order valence-corrected chi connectivity index (χ3v) is 3.78. The zero-order chi connectivity index (χ0) is 13.5. The van der Waals surface area contributed by atoms with Crippen LogP contribution in [-0.4, -0.2) is 46.3 Å². The quantitative estimate of drug-likeness (QED) is 0.806. The Labute approximate surface area is 115 Å². The molecule has 0 saturated carbocycles. The topological polar surface area (TPSA) is 50.2 Å². The molecule has 0 aliphatic carbocycles. The molecule has 2 rings (SSSR count). The van der Waals surface area contributed by atoms with E-state index in [1.165, 1.54) is 25.9 Å². The van der Waals surface area contributed by atoms with E-state index >= 15 is 0 Å². The van der Waals surface area contributed by atoms with Crippen molar-refractivity contribution in [2.24, 2.45) is 0 Å². The van der Waals surface area contributed by atoms with Crippen LogP contribution in [0.25, 0.3) is 0 Å². The monoisotopic (exact) mass is 264 g/mol. The van der Waals surface area contributed by atoms with E-state index in [4.69, 9.17) is 0 Å². The molecule has 1 N–H and O–H groups in total. The molecule has 1 aliphatic heterocycles. The van der Waals surface area contributed by atoms with Gasteiger partial charge in [-0.1, -0.05) is 0 Å². The van der Waals surface area contributed by atoms with Crippen LogP contribution in [0.3, 0.4) is 0 Å². The van der Waals surface area contributed by atoms with E-state index < -0.39 is 0 Å². The lowest BCUT2D eigenvalue weighted by atomic mass is 10.1. The predicted molar refractivity (Wildman–Crippen MR) is 74.7 cm³/mol. The van der Waals surface area contributed by atoms with Crippen molar-refractivity contribution in [2.45, 2.75) is 45.2 Å². The van der Waals surface area contributed by atoms with Gasteiger partial charge in [0, 0.05) is 31.4 Å². The van der Waals surface area contributed by atoms with E-state index in [9.17, 15) is 4.79 Å². The third-order valence-electron chi connectivity index (χ3n) is 3.78. The van der Waals surface area contributed by atoms with Gasteiger partial charge in [-0.3, -0.25) is 9.48 Å². The molecule has 0 unspecified atom stereocenters. The van der Waals surface area contributed by atoms with Gasteiger partial charge in [-0.05, 0) is 45.3 Å². The fraction of sp³-hybridized carbons (Fsp3) is 0.714. The standard InChI is InChI=1S/C14H24N4O/c1-13(17-9-2-3-10-17)5-6-14(19)15-8-12-18-11-4-7-16-18/h4,7,11,13H,2-3,5-6,8-10,12H2,1H3,(H,15,19)/t13-/m0/s1. The molecule has 106 valence electrons. The minimum absolute atomic E-state index is 0.151. The van der Waals surface area contributed by atoms with Gasteiger partial charge in [0.2, 0.25) is 5.91 Å². The second-order valence-corrected chi connectivity index (χ2v) is 5.25. The average molecular weight is 264 g/mol. The molecule has 2 heterocycles. The molecular formula is C14H24N4O. The minimum Gasteiger partial charge on any atom is -0.354 e. The third kappa shape index (κ3) is 4.67. The van der Waals surface area contributed by atoms with Crippen molar-refractivity contribution < 1.29 is 4.79 Å². The van der Waals surface area contributed by atoms with Gasteiger partial charge in [0.1, 0.15) is 0 Å². The highest BCUT2D eigenvalue weighted by Gasteiger charge is 2.18. The van der Waals surface area contributed by atoms with E-state index in [1.54, 1.807) is 6.20 Å². The van der Waals surface area contributed by atoms with Gasteiger partial charge in [0.25, 0.3) is 0 Å². The summed E-state index contributed by atoms with van der Waals surface area (Å²) in [6.45, 7) is 6.01. The molecule has 1 aliphatic rings. The van der Waals surface area contributed by atoms with E-state index in [-0.39, 0.29) is 5.91 Å². The highest BCUT2D eigenvalue weighted by Crippen LogP contribution is 2.14. The van der Waals surface area contributed by atoms with E-state index in [2.05, 4.69) is 22.2 Å². The number of rotatable bonds is 7. The molecule has 0 spiro atoms. The van der Waals surface area contributed by atoms with Gasteiger partial charge in [0.05, 0.1) is 6.54 Å². The summed E-state index contributed by atoms with van der Waals surface area (Å²) in [6, 6.07) is 2.42. The largest absolute Gasteiger partial charge is 0.354 e. The van der Waals surface area contributed by atoms with Gasteiger partial charge in [0.15, 0.2) is 0 Å². The lowest BCUT2D eigenvalue weighted by Crippen LogP contribution is -2.33. The first kappa shape index (κ1) is 14.1. The van der Waals surface area contributed by atoms with Gasteiger partial charge in [-0.2, -0.15) is 5.10 Å². The van der Waals surface area contributed by atoms with Crippen LogP contribution in [0.2, 0.25) is 0 Å². The Hall–Kier alpha value is -1.36. The molecule has 0 bridgehead atoms. The van der Waals surface area contributed by atoms with Crippen LogP contribution in [0.4, 0.5) is 0 Å². The Morgan fingerprint density at radius 1 is 1.42 bits per heavy atom. The van der Waals surface area contributed by atoms with Gasteiger partial charge in [-0.15, -0.1) is 0 Å². The fourth-order valence-electron chi connectivity index (χ4n) is 2.54. The van der Waals surface area contributed by atoms with Crippen LogP contribution in [0, 0.1) is 0 Å². The summed E-state index contributed by atoms with van der Waals surface area (Å²) in [4.78, 5) is 14.2. The van der Waals surface area contributed by atoms with Crippen LogP contribution < -0.4 is 5.32 Å². The molecule has 5 nitrogen and oxygen atoms in total. The highest BCUT2D eigenvalue weighted by molar-refractivity contribution is 5.75. The summed E-state index contributed by atoms with van der Waals surface area (Å²) < 4.78 is 1.83. The van der Waals surface area contributed by atoms with Crippen LogP contribution in [0.1, 0.15) is 32.6 Å². The number of aromatic nitrogens is 2. The van der Waals surface area contributed by atoms with Crippen LogP contribution in [0.15, 0.2) is 18.5 Å². The van der Waals surface area contributed by atoms with E-state index in [0.29, 0.717) is 19.0 Å². The van der Waals surface area contributed by atoms with E-state index in [1.807, 2.05) is 16.9 Å². The van der Waals surface area contributed by atoms with Crippen molar-refractivity contribution >= 4 is 5.91 Å². The number of carbonyl (C=O) groups is 1. The van der Waals surface area contributed by atoms with Crippen molar-refractivity contribution in [1.82, 2.24) is 20.0 Å². The van der Waals surface area contributed by atoms with Crippen molar-refractivity contribution in [3.05, 3.63) is 18.5 Å². The lowest BCUT2D eigenvalue weighted by Gasteiger charge is -2.23. The molecule has 1 saturated heterocycles. The Balaban J connectivity index is 1.56. The molecule has 1 amide bonds. The zero-order valence-corrected chi connectivity index (χ0v) is 11.7. The van der Waals surface area contributed by atoms with Crippen molar-refractivity contribution in [1.29, 1.82) is 0 Å². The maximum absolute atomic E-state index is 11.7. The first-order valence-electron chi connectivity index (χ1n) is 7.24. The second-order valence-electron chi connectivity index (χ2n) is 5.25. The molecule has 5 heteroatoms. The number of carbonyl (C=O) groups excluding carboxylic acids is 1. The molecular weight excluding hydrogens is 240 g/mol. The number of nitrogens with one attached hydrogen (secondary N) is 1. The summed E-state index contributed by atoms with van der Waals surface area (Å²) >= 11 is 0. The highest BCUT2D eigenvalue weighted by atomic mass is 16.1. The molecule has 1 aromatic heterocycles. The Morgan fingerprint density at radius 2 is 2.21 bits per heavy atom. The number of hydrogen-bond donors (Lipinski definition) is 1. The normalized spacial score (nSPS) is 17.5. The SMILES string of the molecule is C[C@@H](CCC(=O)NCCn1cccn1)N1CCCC1. The maximum atomic E-state index is 11.7. The molecule has 19 heavy (non-hydrogen) atoms. The molecule has 1 fully saturated rings. The Kier molecular flexibility index (Phi) is 5.39. The van der Waals surface area contributed by atoms with Gasteiger partial charge in [-0.25, -0.2) is 0 Å². The Bertz CT molecular complexity index is 371. The number of likely N-dealkylation sites (tertiary alicyclic amines) is 1. The summed E-state index contributed by atoms with van der Waals surface area (Å²) in [5.74, 6) is 0.151. The van der Waals surface area contributed by atoms with Crippen LogP contribution in [-0.2, 0) is 11.3 Å². The van der Waals surface area contributed by atoms with Crippen molar-refractivity contribution in [2.75, 3.05) is 19.6 Å². The Morgan fingerprint density at radius 3 is 2.89 bits per heavy atom. The smallest absolute Gasteiger partial charge is 0.220 e. The van der Waals surface area contributed by atoms with Crippen molar-refractivity contribution in [3.63, 3.8) is 0 Å². The number of nitrogens with zero attached hydrogens (tertiary/aromatic N) is 3. The average Bonchev–Trinajstić information content (AvgIpc) is 3.08. The molecule has 1 atom stereocenters. The number of amides is 1. The zero-order valence-electron chi connectivity index (χ0n) is 11.7. The van der Waals surface area contributed by atoms with Crippen molar-refractivity contribution in [3.8, 4) is 0 Å². The number of hydrogen-bond acceptors (Lipinski definition) is 3. The predicted octanol–water partition coefficient (Wildman–Crippen LogP) is 1.26. The summed E-state index contributed by atoms with van der Waals surface area (Å²) in [5, 5.41) is 7.05. The van der Waals surface area contributed by atoms with Gasteiger partial charge < -0.3 is 10.2 Å². The molecule has 0 radical (unpaired) electrons. The first-order chi connectivity index (χ1) is 9.25. The fourth-order valence-corrected chi connectivity index (χ4v) is 2.54.